The molecule has 3 aromatic rings. The molecule has 0 atom stereocenters. The summed E-state index contributed by atoms with van der Waals surface area (Å²) in [5.41, 5.74) is 1.97. The summed E-state index contributed by atoms with van der Waals surface area (Å²) < 4.78 is 16.9. The van der Waals surface area contributed by atoms with E-state index in [1.165, 1.54) is 33.5 Å². The van der Waals surface area contributed by atoms with E-state index in [1.807, 2.05) is 30.3 Å². The number of aryl methyl sites for hydroxylation is 1. The lowest BCUT2D eigenvalue weighted by Crippen LogP contribution is -2.17. The maximum absolute atomic E-state index is 13.1. The number of rotatable bonds is 7. The molecule has 0 aliphatic rings. The number of amides is 1. The van der Waals surface area contributed by atoms with Gasteiger partial charge in [-0.2, -0.15) is 5.10 Å². The number of methoxy groups -OCH3 is 3. The molecule has 0 spiro atoms. The SMILES string of the molecule is COC(=O)c1cc(OC)c(OC)cc1NC(=O)c1c(C)nn(Cc2ccccc2)c1Cl. The predicted molar refractivity (Wildman–Crippen MR) is 116 cm³/mol. The monoisotopic (exact) mass is 443 g/mol. The predicted octanol–water partition coefficient (Wildman–Crippen LogP) is 3.95. The quantitative estimate of drug-likeness (QED) is 0.556. The van der Waals surface area contributed by atoms with Gasteiger partial charge in [0.15, 0.2) is 11.5 Å². The zero-order chi connectivity index (χ0) is 22.5. The third-order valence-corrected chi connectivity index (χ3v) is 5.03. The smallest absolute Gasteiger partial charge is 0.340 e. The standard InChI is InChI=1S/C22H22ClN3O5/c1-13-19(20(23)26(25-13)12-14-8-6-5-7-9-14)21(27)24-16-11-18(30-3)17(29-2)10-15(16)22(28)31-4/h5-11H,12H2,1-4H3,(H,24,27). The van der Waals surface area contributed by atoms with Crippen molar-refractivity contribution in [2.45, 2.75) is 13.5 Å². The second-order valence-electron chi connectivity index (χ2n) is 6.59. The van der Waals surface area contributed by atoms with Crippen molar-refractivity contribution < 1.29 is 23.8 Å². The van der Waals surface area contributed by atoms with E-state index in [1.54, 1.807) is 11.6 Å². The van der Waals surface area contributed by atoms with Gasteiger partial charge < -0.3 is 19.5 Å². The lowest BCUT2D eigenvalue weighted by molar-refractivity contribution is 0.0601. The fourth-order valence-electron chi connectivity index (χ4n) is 3.12. The van der Waals surface area contributed by atoms with Crippen LogP contribution in [-0.4, -0.2) is 43.0 Å². The maximum atomic E-state index is 13.1. The van der Waals surface area contributed by atoms with E-state index < -0.39 is 11.9 Å². The van der Waals surface area contributed by atoms with Crippen molar-refractivity contribution in [1.82, 2.24) is 9.78 Å². The average molecular weight is 444 g/mol. The Balaban J connectivity index is 1.95. The van der Waals surface area contributed by atoms with Gasteiger partial charge in [0.1, 0.15) is 5.15 Å². The van der Waals surface area contributed by atoms with Crippen LogP contribution in [0, 0.1) is 6.92 Å². The van der Waals surface area contributed by atoms with Gasteiger partial charge in [0, 0.05) is 12.1 Å². The molecule has 0 aliphatic heterocycles. The van der Waals surface area contributed by atoms with Crippen LogP contribution in [0.3, 0.4) is 0 Å². The Bertz CT molecular complexity index is 1110. The summed E-state index contributed by atoms with van der Waals surface area (Å²) in [6, 6.07) is 12.6. The second-order valence-corrected chi connectivity index (χ2v) is 6.95. The minimum atomic E-state index is -0.640. The van der Waals surface area contributed by atoms with Gasteiger partial charge in [-0.05, 0) is 12.5 Å². The van der Waals surface area contributed by atoms with Gasteiger partial charge in [-0.3, -0.25) is 4.79 Å². The Morgan fingerprint density at radius 3 is 2.32 bits per heavy atom. The molecule has 0 saturated heterocycles. The highest BCUT2D eigenvalue weighted by Gasteiger charge is 2.24. The summed E-state index contributed by atoms with van der Waals surface area (Å²) in [6.07, 6.45) is 0. The molecule has 9 heteroatoms. The molecule has 0 radical (unpaired) electrons. The first-order valence-electron chi connectivity index (χ1n) is 9.32. The number of nitrogens with one attached hydrogen (secondary N) is 1. The van der Waals surface area contributed by atoms with E-state index in [-0.39, 0.29) is 22.0 Å². The Morgan fingerprint density at radius 2 is 1.71 bits per heavy atom. The molecule has 0 unspecified atom stereocenters. The minimum Gasteiger partial charge on any atom is -0.493 e. The van der Waals surface area contributed by atoms with Crippen LogP contribution in [0.15, 0.2) is 42.5 Å². The third-order valence-electron chi connectivity index (χ3n) is 4.64. The van der Waals surface area contributed by atoms with Gasteiger partial charge in [0.05, 0.1) is 50.4 Å². The van der Waals surface area contributed by atoms with Crippen LogP contribution in [0.5, 0.6) is 11.5 Å². The van der Waals surface area contributed by atoms with Crippen molar-refractivity contribution in [1.29, 1.82) is 0 Å². The Morgan fingerprint density at radius 1 is 1.06 bits per heavy atom. The Hall–Kier alpha value is -3.52. The van der Waals surface area contributed by atoms with E-state index in [0.29, 0.717) is 23.7 Å². The molecule has 1 amide bonds. The van der Waals surface area contributed by atoms with Crippen LogP contribution < -0.4 is 14.8 Å². The largest absolute Gasteiger partial charge is 0.493 e. The summed E-state index contributed by atoms with van der Waals surface area (Å²) in [7, 11) is 4.15. The van der Waals surface area contributed by atoms with Crippen LogP contribution >= 0.6 is 11.6 Å². The normalized spacial score (nSPS) is 10.5. The van der Waals surface area contributed by atoms with Gasteiger partial charge in [-0.1, -0.05) is 41.9 Å². The van der Waals surface area contributed by atoms with Crippen molar-refractivity contribution in [2.75, 3.05) is 26.6 Å². The number of anilines is 1. The summed E-state index contributed by atoms with van der Waals surface area (Å²) in [5, 5.41) is 7.30. The maximum Gasteiger partial charge on any atom is 0.340 e. The first kappa shape index (κ1) is 22.2. The number of esters is 1. The van der Waals surface area contributed by atoms with E-state index in [2.05, 4.69) is 10.4 Å². The van der Waals surface area contributed by atoms with Crippen LogP contribution in [-0.2, 0) is 11.3 Å². The van der Waals surface area contributed by atoms with E-state index in [9.17, 15) is 9.59 Å². The van der Waals surface area contributed by atoms with Crippen molar-refractivity contribution in [3.63, 3.8) is 0 Å². The number of carbonyl (C=O) groups excluding carboxylic acids is 2. The van der Waals surface area contributed by atoms with E-state index >= 15 is 0 Å². The average Bonchev–Trinajstić information content (AvgIpc) is 3.06. The number of hydrogen-bond donors (Lipinski definition) is 1. The molecular weight excluding hydrogens is 422 g/mol. The first-order valence-corrected chi connectivity index (χ1v) is 9.69. The van der Waals surface area contributed by atoms with E-state index in [4.69, 9.17) is 25.8 Å². The Kier molecular flexibility index (Phi) is 6.81. The summed E-state index contributed by atoms with van der Waals surface area (Å²) in [5.74, 6) is -0.489. The molecular formula is C22H22ClN3O5. The molecule has 0 fully saturated rings. The molecule has 0 saturated carbocycles. The highest BCUT2D eigenvalue weighted by molar-refractivity contribution is 6.33. The van der Waals surface area contributed by atoms with Crippen LogP contribution in [0.2, 0.25) is 5.15 Å². The topological polar surface area (TPSA) is 91.7 Å². The van der Waals surface area contributed by atoms with Gasteiger partial charge in [-0.15, -0.1) is 0 Å². The zero-order valence-electron chi connectivity index (χ0n) is 17.6. The molecule has 1 heterocycles. The fourth-order valence-corrected chi connectivity index (χ4v) is 3.44. The molecule has 31 heavy (non-hydrogen) atoms. The van der Waals surface area contributed by atoms with E-state index in [0.717, 1.165) is 5.56 Å². The van der Waals surface area contributed by atoms with Gasteiger partial charge in [-0.25, -0.2) is 9.48 Å². The number of carbonyl (C=O) groups is 2. The third kappa shape index (κ3) is 4.64. The molecule has 0 bridgehead atoms. The number of benzene rings is 2. The minimum absolute atomic E-state index is 0.110. The van der Waals surface area contributed by atoms with Gasteiger partial charge in [0.2, 0.25) is 0 Å². The second kappa shape index (κ2) is 9.53. The van der Waals surface area contributed by atoms with Crippen molar-refractivity contribution >= 4 is 29.2 Å². The van der Waals surface area contributed by atoms with Crippen molar-refractivity contribution in [2.24, 2.45) is 0 Å². The molecule has 2 aromatic carbocycles. The number of ether oxygens (including phenoxy) is 3. The van der Waals surface area contributed by atoms with Gasteiger partial charge >= 0.3 is 5.97 Å². The molecule has 3 rings (SSSR count). The highest BCUT2D eigenvalue weighted by Crippen LogP contribution is 2.34. The first-order chi connectivity index (χ1) is 14.9. The number of aromatic nitrogens is 2. The van der Waals surface area contributed by atoms with Crippen LogP contribution in [0.1, 0.15) is 32.0 Å². The molecule has 8 nitrogen and oxygen atoms in total. The fraction of sp³-hybridized carbons (Fsp3) is 0.227. The van der Waals surface area contributed by atoms with Crippen LogP contribution in [0.25, 0.3) is 0 Å². The molecule has 162 valence electrons. The summed E-state index contributed by atoms with van der Waals surface area (Å²) in [4.78, 5) is 25.3. The molecule has 1 N–H and O–H groups in total. The molecule has 0 aliphatic carbocycles. The molecule has 1 aromatic heterocycles. The highest BCUT2D eigenvalue weighted by atomic mass is 35.5. The summed E-state index contributed by atoms with van der Waals surface area (Å²) in [6.45, 7) is 2.11. The lowest BCUT2D eigenvalue weighted by Gasteiger charge is -2.14. The Labute approximate surface area is 184 Å². The number of halogens is 1. The van der Waals surface area contributed by atoms with Crippen LogP contribution in [0.4, 0.5) is 5.69 Å². The lowest BCUT2D eigenvalue weighted by atomic mass is 10.1. The van der Waals surface area contributed by atoms with Crippen molar-refractivity contribution in [3.05, 3.63) is 70.0 Å². The number of nitrogens with zero attached hydrogens (tertiary/aromatic N) is 2. The summed E-state index contributed by atoms with van der Waals surface area (Å²) >= 11 is 6.48. The van der Waals surface area contributed by atoms with Gasteiger partial charge in [0.25, 0.3) is 5.91 Å². The number of hydrogen-bond acceptors (Lipinski definition) is 6. The van der Waals surface area contributed by atoms with Crippen molar-refractivity contribution in [3.8, 4) is 11.5 Å². The zero-order valence-corrected chi connectivity index (χ0v) is 18.3.